The molecule has 9 nitrogen and oxygen atoms in total. The maximum absolute atomic E-state index is 12.8. The van der Waals surface area contributed by atoms with E-state index in [9.17, 15) is 14.4 Å². The van der Waals surface area contributed by atoms with Crippen molar-refractivity contribution in [2.45, 2.75) is 32.2 Å². The number of amides is 2. The Hall–Kier alpha value is -3.43. The molecule has 0 bridgehead atoms. The van der Waals surface area contributed by atoms with Crippen LogP contribution in [0.15, 0.2) is 60.7 Å². The molecule has 2 aromatic rings. The minimum Gasteiger partial charge on any atom is -0.468 e. The number of alkyl carbamates (subject to hydrolysis) is 1. The Morgan fingerprint density at radius 1 is 0.941 bits per heavy atom. The van der Waals surface area contributed by atoms with Gasteiger partial charge in [-0.15, -0.1) is 0 Å². The highest BCUT2D eigenvalue weighted by molar-refractivity contribution is 5.85. The Morgan fingerprint density at radius 2 is 1.56 bits per heavy atom. The van der Waals surface area contributed by atoms with Crippen LogP contribution in [-0.4, -0.2) is 73.3 Å². The van der Waals surface area contributed by atoms with Gasteiger partial charge in [-0.3, -0.25) is 14.5 Å². The number of nitrogens with zero attached hydrogens (tertiary/aromatic N) is 2. The first kappa shape index (κ1) is 25.2. The summed E-state index contributed by atoms with van der Waals surface area (Å²) in [6.07, 6.45) is -0.664. The minimum absolute atomic E-state index is 0.120. The predicted molar refractivity (Wildman–Crippen MR) is 124 cm³/mol. The molecule has 182 valence electrons. The Bertz CT molecular complexity index is 940. The molecule has 0 spiro atoms. The van der Waals surface area contributed by atoms with Crippen LogP contribution in [0.2, 0.25) is 0 Å². The second-order valence-corrected chi connectivity index (χ2v) is 8.02. The summed E-state index contributed by atoms with van der Waals surface area (Å²) in [5.74, 6) is -0.675. The molecular formula is C25H31N3O6. The Labute approximate surface area is 199 Å². The number of rotatable bonds is 10. The van der Waals surface area contributed by atoms with Gasteiger partial charge in [0.15, 0.2) is 0 Å². The molecule has 1 aliphatic heterocycles. The first-order valence-electron chi connectivity index (χ1n) is 11.2. The standard InChI is InChI=1S/C25H31N3O6/c1-19(26-25(31)34-16-21-11-7-4-8-12-21)23(29)28-14-13-27(18-28)22(24(30)32-2)17-33-15-20-9-5-3-6-10-20/h3-12,19,22H,13-18H2,1-2H3,(H,26,31)/t19-,22-/m0/s1. The van der Waals surface area contributed by atoms with Crippen molar-refractivity contribution in [2.75, 3.05) is 33.5 Å². The normalized spacial score (nSPS) is 15.4. The number of esters is 1. The van der Waals surface area contributed by atoms with Crippen LogP contribution in [-0.2, 0) is 37.0 Å². The zero-order valence-corrected chi connectivity index (χ0v) is 19.5. The number of methoxy groups -OCH3 is 1. The molecular weight excluding hydrogens is 438 g/mol. The van der Waals surface area contributed by atoms with Gasteiger partial charge in [-0.25, -0.2) is 4.79 Å². The van der Waals surface area contributed by atoms with Gasteiger partial charge in [0.2, 0.25) is 5.91 Å². The quantitative estimate of drug-likeness (QED) is 0.533. The van der Waals surface area contributed by atoms with Crippen LogP contribution in [0.3, 0.4) is 0 Å². The van der Waals surface area contributed by atoms with Crippen molar-refractivity contribution >= 4 is 18.0 Å². The molecule has 3 rings (SSSR count). The fraction of sp³-hybridized carbons (Fsp3) is 0.400. The van der Waals surface area contributed by atoms with E-state index in [-0.39, 0.29) is 25.8 Å². The Balaban J connectivity index is 1.47. The van der Waals surface area contributed by atoms with Crippen LogP contribution in [0.4, 0.5) is 4.79 Å². The van der Waals surface area contributed by atoms with Crippen LogP contribution < -0.4 is 5.32 Å². The van der Waals surface area contributed by atoms with Gasteiger partial charge in [-0.1, -0.05) is 60.7 Å². The summed E-state index contributed by atoms with van der Waals surface area (Å²) in [7, 11) is 1.33. The number of carbonyl (C=O) groups excluding carboxylic acids is 3. The largest absolute Gasteiger partial charge is 0.468 e. The third-order valence-corrected chi connectivity index (χ3v) is 5.54. The molecule has 2 atom stereocenters. The lowest BCUT2D eigenvalue weighted by Crippen LogP contribution is -2.48. The van der Waals surface area contributed by atoms with E-state index >= 15 is 0 Å². The molecule has 1 fully saturated rings. The second kappa shape index (κ2) is 12.7. The molecule has 0 radical (unpaired) electrons. The molecule has 0 unspecified atom stereocenters. The van der Waals surface area contributed by atoms with Gasteiger partial charge in [0, 0.05) is 13.1 Å². The summed E-state index contributed by atoms with van der Waals surface area (Å²) in [6.45, 7) is 3.39. The van der Waals surface area contributed by atoms with Crippen molar-refractivity contribution in [3.63, 3.8) is 0 Å². The average Bonchev–Trinajstić information content (AvgIpc) is 3.35. The van der Waals surface area contributed by atoms with Crippen molar-refractivity contribution in [1.82, 2.24) is 15.1 Å². The second-order valence-electron chi connectivity index (χ2n) is 8.02. The van der Waals surface area contributed by atoms with E-state index in [4.69, 9.17) is 14.2 Å². The Kier molecular flexibility index (Phi) is 9.42. The van der Waals surface area contributed by atoms with Crippen molar-refractivity contribution in [1.29, 1.82) is 0 Å². The van der Waals surface area contributed by atoms with Crippen molar-refractivity contribution in [2.24, 2.45) is 0 Å². The van der Waals surface area contributed by atoms with Gasteiger partial charge in [0.25, 0.3) is 0 Å². The smallest absolute Gasteiger partial charge is 0.408 e. The van der Waals surface area contributed by atoms with Gasteiger partial charge in [0.1, 0.15) is 18.7 Å². The molecule has 0 aromatic heterocycles. The number of nitrogens with one attached hydrogen (secondary N) is 1. The summed E-state index contributed by atoms with van der Waals surface area (Å²) >= 11 is 0. The van der Waals surface area contributed by atoms with E-state index in [1.807, 2.05) is 65.6 Å². The van der Waals surface area contributed by atoms with E-state index in [1.165, 1.54) is 7.11 Å². The van der Waals surface area contributed by atoms with Crippen molar-refractivity contribution in [3.05, 3.63) is 71.8 Å². The lowest BCUT2D eigenvalue weighted by Gasteiger charge is -2.26. The fourth-order valence-electron chi connectivity index (χ4n) is 3.64. The molecule has 2 amide bonds. The number of carbonyl (C=O) groups is 3. The van der Waals surface area contributed by atoms with E-state index in [0.717, 1.165) is 11.1 Å². The molecule has 9 heteroatoms. The van der Waals surface area contributed by atoms with E-state index in [1.54, 1.807) is 11.8 Å². The summed E-state index contributed by atoms with van der Waals surface area (Å²) in [6, 6.07) is 17.6. The molecule has 34 heavy (non-hydrogen) atoms. The molecule has 0 aliphatic carbocycles. The van der Waals surface area contributed by atoms with Gasteiger partial charge in [-0.05, 0) is 18.1 Å². The number of hydrogen-bond acceptors (Lipinski definition) is 7. The highest BCUT2D eigenvalue weighted by atomic mass is 16.5. The molecule has 1 N–H and O–H groups in total. The van der Waals surface area contributed by atoms with Crippen molar-refractivity contribution in [3.8, 4) is 0 Å². The van der Waals surface area contributed by atoms with Crippen molar-refractivity contribution < 1.29 is 28.6 Å². The summed E-state index contributed by atoms with van der Waals surface area (Å²) in [4.78, 5) is 40.7. The number of hydrogen-bond donors (Lipinski definition) is 1. The van der Waals surface area contributed by atoms with Gasteiger partial charge < -0.3 is 24.4 Å². The monoisotopic (exact) mass is 469 g/mol. The van der Waals surface area contributed by atoms with E-state index < -0.39 is 24.1 Å². The highest BCUT2D eigenvalue weighted by Crippen LogP contribution is 2.14. The number of ether oxygens (including phenoxy) is 3. The first-order valence-corrected chi connectivity index (χ1v) is 11.2. The Morgan fingerprint density at radius 3 is 2.18 bits per heavy atom. The number of benzene rings is 2. The van der Waals surface area contributed by atoms with Crippen LogP contribution in [0.5, 0.6) is 0 Å². The van der Waals surface area contributed by atoms with Crippen LogP contribution in [0.25, 0.3) is 0 Å². The van der Waals surface area contributed by atoms with Crippen LogP contribution >= 0.6 is 0 Å². The van der Waals surface area contributed by atoms with Crippen LogP contribution in [0, 0.1) is 0 Å². The fourth-order valence-corrected chi connectivity index (χ4v) is 3.64. The summed E-state index contributed by atoms with van der Waals surface area (Å²) in [5.41, 5.74) is 1.86. The zero-order chi connectivity index (χ0) is 24.3. The molecule has 1 aliphatic rings. The summed E-state index contributed by atoms with van der Waals surface area (Å²) in [5, 5.41) is 2.57. The maximum Gasteiger partial charge on any atom is 0.408 e. The lowest BCUT2D eigenvalue weighted by molar-refractivity contribution is -0.150. The highest BCUT2D eigenvalue weighted by Gasteiger charge is 2.35. The molecule has 1 heterocycles. The van der Waals surface area contributed by atoms with Gasteiger partial charge >= 0.3 is 12.1 Å². The minimum atomic E-state index is -0.769. The maximum atomic E-state index is 12.8. The SMILES string of the molecule is COC(=O)[C@H](COCc1ccccc1)N1CCN(C(=O)[C@H](C)NC(=O)OCc2ccccc2)C1. The van der Waals surface area contributed by atoms with E-state index in [0.29, 0.717) is 19.7 Å². The lowest BCUT2D eigenvalue weighted by atomic mass is 10.2. The zero-order valence-electron chi connectivity index (χ0n) is 19.5. The van der Waals surface area contributed by atoms with Crippen LogP contribution in [0.1, 0.15) is 18.1 Å². The third kappa shape index (κ3) is 7.29. The molecule has 2 aromatic carbocycles. The first-order chi connectivity index (χ1) is 16.5. The average molecular weight is 470 g/mol. The van der Waals surface area contributed by atoms with Gasteiger partial charge in [-0.2, -0.15) is 0 Å². The molecule has 1 saturated heterocycles. The van der Waals surface area contributed by atoms with E-state index in [2.05, 4.69) is 5.32 Å². The molecule has 0 saturated carbocycles. The topological polar surface area (TPSA) is 97.4 Å². The summed E-state index contributed by atoms with van der Waals surface area (Å²) < 4.78 is 15.9. The third-order valence-electron chi connectivity index (χ3n) is 5.54. The van der Waals surface area contributed by atoms with Gasteiger partial charge in [0.05, 0.1) is 27.0 Å². The predicted octanol–water partition coefficient (Wildman–Crippen LogP) is 2.16.